The molecule has 192 valence electrons. The number of amides is 1. The van der Waals surface area contributed by atoms with Gasteiger partial charge in [0, 0.05) is 12.1 Å². The summed E-state index contributed by atoms with van der Waals surface area (Å²) in [5, 5.41) is 22.9. The minimum Gasteiger partial charge on any atom is -0.875 e. The standard InChI is InChI=1S/C27H28F3NO5.Na/c1-2-36-25(35)23-22(33)15-26(13-11-21(32)12-14-26)31(24(23)34)16-17-3-5-18(6-4-17)19-7-9-20(10-8-19)27(28,29)30;/h3-10,21,32-33H,2,11-16H2,1H3;/q;+1/p-1. The molecule has 0 unspecified atom stereocenters. The minimum atomic E-state index is -4.41. The molecule has 0 atom stereocenters. The van der Waals surface area contributed by atoms with Crippen LogP contribution in [0.2, 0.25) is 0 Å². The van der Waals surface area contributed by atoms with Crippen LogP contribution in [0.3, 0.4) is 0 Å². The van der Waals surface area contributed by atoms with Gasteiger partial charge in [0.05, 0.1) is 18.3 Å². The molecule has 37 heavy (non-hydrogen) atoms. The number of aliphatic hydroxyl groups excluding tert-OH is 1. The Morgan fingerprint density at radius 2 is 1.62 bits per heavy atom. The maximum Gasteiger partial charge on any atom is 1.00 e. The second-order valence-electron chi connectivity index (χ2n) is 9.31. The van der Waals surface area contributed by atoms with Crippen molar-refractivity contribution < 1.29 is 67.3 Å². The van der Waals surface area contributed by atoms with Crippen molar-refractivity contribution in [2.75, 3.05) is 6.61 Å². The number of nitrogens with zero attached hydrogens (tertiary/aromatic N) is 1. The van der Waals surface area contributed by atoms with E-state index in [4.69, 9.17) is 4.74 Å². The van der Waals surface area contributed by atoms with Crippen molar-refractivity contribution in [1.29, 1.82) is 0 Å². The quantitative estimate of drug-likeness (QED) is 0.357. The van der Waals surface area contributed by atoms with E-state index in [0.29, 0.717) is 36.8 Å². The Hall–Kier alpha value is -2.33. The fourth-order valence-corrected chi connectivity index (χ4v) is 5.02. The van der Waals surface area contributed by atoms with Gasteiger partial charge in [-0.05, 0) is 67.9 Å². The van der Waals surface area contributed by atoms with Gasteiger partial charge in [0.15, 0.2) is 0 Å². The molecule has 0 bridgehead atoms. The second-order valence-corrected chi connectivity index (χ2v) is 9.31. The van der Waals surface area contributed by atoms with Crippen molar-refractivity contribution in [2.45, 2.75) is 63.4 Å². The predicted octanol–water partition coefficient (Wildman–Crippen LogP) is 0.960. The largest absolute Gasteiger partial charge is 1.00 e. The zero-order chi connectivity index (χ0) is 26.1. The van der Waals surface area contributed by atoms with Gasteiger partial charge in [-0.15, -0.1) is 5.76 Å². The van der Waals surface area contributed by atoms with Crippen LogP contribution in [-0.4, -0.2) is 40.1 Å². The second kappa shape index (κ2) is 11.6. The first kappa shape index (κ1) is 29.2. The fourth-order valence-electron chi connectivity index (χ4n) is 5.02. The number of esters is 1. The third kappa shape index (κ3) is 6.22. The number of hydrogen-bond donors (Lipinski definition) is 1. The molecular weight excluding hydrogens is 498 g/mol. The average Bonchev–Trinajstić information content (AvgIpc) is 2.84. The normalized spacial score (nSPS) is 22.1. The summed E-state index contributed by atoms with van der Waals surface area (Å²) < 4.78 is 43.5. The number of ether oxygens (including phenoxy) is 1. The van der Waals surface area contributed by atoms with Crippen LogP contribution in [0.15, 0.2) is 59.9 Å². The molecule has 1 aliphatic carbocycles. The van der Waals surface area contributed by atoms with Crippen molar-refractivity contribution in [3.63, 3.8) is 0 Å². The summed E-state index contributed by atoms with van der Waals surface area (Å²) in [6.45, 7) is 1.76. The number of rotatable bonds is 5. The van der Waals surface area contributed by atoms with Gasteiger partial charge >= 0.3 is 41.7 Å². The monoisotopic (exact) mass is 525 g/mol. The third-order valence-corrected chi connectivity index (χ3v) is 7.01. The van der Waals surface area contributed by atoms with Gasteiger partial charge in [0.1, 0.15) is 5.57 Å². The number of carbonyl (C=O) groups excluding carboxylic acids is 2. The topological polar surface area (TPSA) is 89.9 Å². The van der Waals surface area contributed by atoms with E-state index in [1.54, 1.807) is 36.1 Å². The van der Waals surface area contributed by atoms with Gasteiger partial charge in [-0.1, -0.05) is 36.4 Å². The van der Waals surface area contributed by atoms with Crippen LogP contribution in [0.5, 0.6) is 0 Å². The van der Waals surface area contributed by atoms with Gasteiger partial charge in [-0.2, -0.15) is 13.2 Å². The molecule has 6 nitrogen and oxygen atoms in total. The van der Waals surface area contributed by atoms with E-state index >= 15 is 0 Å². The molecule has 0 radical (unpaired) electrons. The van der Waals surface area contributed by atoms with Crippen molar-refractivity contribution in [3.8, 4) is 11.1 Å². The van der Waals surface area contributed by atoms with E-state index in [1.807, 2.05) is 0 Å². The fraction of sp³-hybridized carbons (Fsp3) is 0.407. The van der Waals surface area contributed by atoms with E-state index in [1.165, 1.54) is 12.1 Å². The summed E-state index contributed by atoms with van der Waals surface area (Å²) in [6.07, 6.45) is -3.16. The molecule has 2 aromatic carbocycles. The summed E-state index contributed by atoms with van der Waals surface area (Å²) in [5.41, 5.74) is 0.0662. The van der Waals surface area contributed by atoms with Gasteiger partial charge in [0.25, 0.3) is 5.91 Å². The number of benzene rings is 2. The molecule has 1 saturated carbocycles. The molecule has 0 saturated heterocycles. The van der Waals surface area contributed by atoms with Crippen LogP contribution in [0.25, 0.3) is 11.1 Å². The summed E-state index contributed by atoms with van der Waals surface area (Å²) >= 11 is 0. The number of halogens is 3. The Balaban J connectivity index is 0.00000380. The predicted molar refractivity (Wildman–Crippen MR) is 123 cm³/mol. The zero-order valence-corrected chi connectivity index (χ0v) is 22.8. The first-order chi connectivity index (χ1) is 17.0. The van der Waals surface area contributed by atoms with Crippen LogP contribution < -0.4 is 34.7 Å². The van der Waals surface area contributed by atoms with Crippen LogP contribution in [0.4, 0.5) is 13.2 Å². The molecular formula is C27H27F3NNaO5. The molecule has 1 aliphatic heterocycles. The van der Waals surface area contributed by atoms with Gasteiger partial charge in [-0.3, -0.25) is 4.79 Å². The first-order valence-corrected chi connectivity index (χ1v) is 11.9. The number of carbonyl (C=O) groups is 2. The van der Waals surface area contributed by atoms with Crippen LogP contribution in [-0.2, 0) is 27.0 Å². The van der Waals surface area contributed by atoms with Crippen LogP contribution in [0.1, 0.15) is 50.2 Å². The molecule has 10 heteroatoms. The molecule has 1 amide bonds. The molecule has 2 aliphatic rings. The molecule has 0 aromatic heterocycles. The maximum atomic E-state index is 13.4. The molecule has 1 fully saturated rings. The number of hydrogen-bond acceptors (Lipinski definition) is 5. The average molecular weight is 525 g/mol. The Kier molecular flexibility index (Phi) is 9.16. The van der Waals surface area contributed by atoms with Gasteiger partial charge in [-0.25, -0.2) is 4.79 Å². The minimum absolute atomic E-state index is 0. The van der Waals surface area contributed by atoms with E-state index in [9.17, 15) is 33.0 Å². The molecule has 2 aromatic rings. The molecule has 1 spiro atoms. The van der Waals surface area contributed by atoms with Crippen molar-refractivity contribution >= 4 is 11.9 Å². The molecule has 1 heterocycles. The van der Waals surface area contributed by atoms with Crippen LogP contribution in [0, 0.1) is 0 Å². The van der Waals surface area contributed by atoms with E-state index in [0.717, 1.165) is 17.7 Å². The van der Waals surface area contributed by atoms with E-state index in [2.05, 4.69) is 0 Å². The Morgan fingerprint density at radius 3 is 2.14 bits per heavy atom. The summed E-state index contributed by atoms with van der Waals surface area (Å²) in [5.74, 6) is -2.14. The molecule has 4 rings (SSSR count). The van der Waals surface area contributed by atoms with E-state index < -0.39 is 46.6 Å². The smallest absolute Gasteiger partial charge is 0.875 e. The van der Waals surface area contributed by atoms with Crippen LogP contribution >= 0.6 is 0 Å². The van der Waals surface area contributed by atoms with Gasteiger partial charge < -0.3 is 19.8 Å². The first-order valence-electron chi connectivity index (χ1n) is 11.9. The number of aliphatic hydroxyl groups is 1. The van der Waals surface area contributed by atoms with Gasteiger partial charge in [0.2, 0.25) is 0 Å². The Bertz CT molecular complexity index is 1150. The summed E-state index contributed by atoms with van der Waals surface area (Å²) in [6, 6.07) is 11.9. The Morgan fingerprint density at radius 1 is 1.08 bits per heavy atom. The molecule has 1 N–H and O–H groups in total. The maximum absolute atomic E-state index is 13.4. The number of alkyl halides is 3. The van der Waals surface area contributed by atoms with Crippen molar-refractivity contribution in [1.82, 2.24) is 4.90 Å². The SMILES string of the molecule is CCOC(=O)C1=C([O-])CC2(CCC(O)CC2)N(Cc2ccc(-c3ccc(C(F)(F)F)cc3)cc2)C1=O.[Na+]. The van der Waals surface area contributed by atoms with E-state index in [-0.39, 0.29) is 49.1 Å². The van der Waals surface area contributed by atoms with Crippen molar-refractivity contribution in [3.05, 3.63) is 71.0 Å². The zero-order valence-electron chi connectivity index (χ0n) is 20.8. The Labute approximate surface area is 235 Å². The summed E-state index contributed by atoms with van der Waals surface area (Å²) in [4.78, 5) is 27.4. The third-order valence-electron chi connectivity index (χ3n) is 7.01. The summed E-state index contributed by atoms with van der Waals surface area (Å²) in [7, 11) is 0. The van der Waals surface area contributed by atoms with Crippen molar-refractivity contribution in [2.24, 2.45) is 0 Å².